The van der Waals surface area contributed by atoms with E-state index in [1.807, 2.05) is 18.2 Å². The summed E-state index contributed by atoms with van der Waals surface area (Å²) in [6.07, 6.45) is 3.51. The highest BCUT2D eigenvalue weighted by Gasteiger charge is 2.22. The van der Waals surface area contributed by atoms with Crippen LogP contribution in [0, 0.1) is 5.82 Å². The summed E-state index contributed by atoms with van der Waals surface area (Å²) < 4.78 is 38.8. The molecule has 0 amide bonds. The zero-order chi connectivity index (χ0) is 22.1. The molecule has 33 heavy (non-hydrogen) atoms. The number of fused-ring (bicyclic) bond motifs is 3. The second-order valence-corrected chi connectivity index (χ2v) is 7.73. The Morgan fingerprint density at radius 2 is 2.03 bits per heavy atom. The number of benzene rings is 1. The minimum Gasteiger partial charge on any atom is -0.487 e. The largest absolute Gasteiger partial charge is 0.487 e. The van der Waals surface area contributed by atoms with Gasteiger partial charge in [0, 0.05) is 55.3 Å². The van der Waals surface area contributed by atoms with Gasteiger partial charge in [-0.15, -0.1) is 12.4 Å². The summed E-state index contributed by atoms with van der Waals surface area (Å²) in [5.41, 5.74) is 2.80. The molecular formula is C24H22ClF2N3O3. The van der Waals surface area contributed by atoms with Crippen LogP contribution in [0.4, 0.5) is 8.78 Å². The number of pyridine rings is 2. The van der Waals surface area contributed by atoms with Crippen molar-refractivity contribution in [2.45, 2.75) is 19.6 Å². The number of rotatable bonds is 6. The predicted octanol–water partition coefficient (Wildman–Crippen LogP) is 4.45. The SMILES string of the molecule is Cl.O=c1cc(OCc2ccc(F)cn2)ccn1-c1ccc2c3c(oc2c1)CCN(CCF)C3. The van der Waals surface area contributed by atoms with Crippen LogP contribution < -0.4 is 10.3 Å². The Morgan fingerprint density at radius 3 is 2.79 bits per heavy atom. The zero-order valence-electron chi connectivity index (χ0n) is 17.7. The Balaban J connectivity index is 0.00000259. The fourth-order valence-corrected chi connectivity index (χ4v) is 4.00. The lowest BCUT2D eigenvalue weighted by Crippen LogP contribution is -2.31. The second kappa shape index (κ2) is 9.72. The van der Waals surface area contributed by atoms with Gasteiger partial charge in [0.05, 0.1) is 17.6 Å². The standard InChI is InChI=1S/C24H21F2N3O3.ClH/c25-7-10-28-8-6-22-21(14-28)20-4-3-18(11-23(20)32-22)29-9-5-19(12-24(29)30)31-15-17-2-1-16(26)13-27-17;/h1-5,9,11-13H,6-8,10,14-15H2;1H. The number of aromatic nitrogens is 2. The zero-order valence-corrected chi connectivity index (χ0v) is 18.5. The molecule has 0 radical (unpaired) electrons. The molecule has 1 aliphatic rings. The van der Waals surface area contributed by atoms with Gasteiger partial charge in [-0.2, -0.15) is 0 Å². The molecule has 1 aliphatic heterocycles. The maximum Gasteiger partial charge on any atom is 0.258 e. The monoisotopic (exact) mass is 473 g/mol. The minimum absolute atomic E-state index is 0. The molecule has 0 fully saturated rings. The van der Waals surface area contributed by atoms with Crippen molar-refractivity contribution in [1.82, 2.24) is 14.5 Å². The normalized spacial score (nSPS) is 13.5. The molecule has 0 aliphatic carbocycles. The topological polar surface area (TPSA) is 60.5 Å². The first-order valence-electron chi connectivity index (χ1n) is 10.4. The van der Waals surface area contributed by atoms with Gasteiger partial charge in [-0.1, -0.05) is 0 Å². The third-order valence-corrected chi connectivity index (χ3v) is 5.64. The van der Waals surface area contributed by atoms with E-state index < -0.39 is 5.82 Å². The van der Waals surface area contributed by atoms with Crippen molar-refractivity contribution in [1.29, 1.82) is 0 Å². The third kappa shape index (κ3) is 4.77. The lowest BCUT2D eigenvalue weighted by Gasteiger charge is -2.24. The molecule has 5 rings (SSSR count). The van der Waals surface area contributed by atoms with Crippen LogP contribution >= 0.6 is 12.4 Å². The lowest BCUT2D eigenvalue weighted by molar-refractivity contribution is 0.223. The van der Waals surface area contributed by atoms with Crippen LogP contribution in [0.5, 0.6) is 5.75 Å². The van der Waals surface area contributed by atoms with E-state index >= 15 is 0 Å². The molecule has 0 bridgehead atoms. The number of hydrogen-bond donors (Lipinski definition) is 0. The molecule has 4 aromatic rings. The predicted molar refractivity (Wildman–Crippen MR) is 123 cm³/mol. The van der Waals surface area contributed by atoms with Gasteiger partial charge in [0.25, 0.3) is 5.56 Å². The summed E-state index contributed by atoms with van der Waals surface area (Å²) in [7, 11) is 0. The summed E-state index contributed by atoms with van der Waals surface area (Å²) in [4.78, 5) is 18.7. The van der Waals surface area contributed by atoms with Gasteiger partial charge in [-0.3, -0.25) is 19.2 Å². The number of alkyl halides is 1. The first-order chi connectivity index (χ1) is 15.6. The molecule has 6 nitrogen and oxygen atoms in total. The van der Waals surface area contributed by atoms with Crippen LogP contribution in [0.15, 0.2) is 64.1 Å². The summed E-state index contributed by atoms with van der Waals surface area (Å²) in [5, 5.41) is 0.993. The smallest absolute Gasteiger partial charge is 0.258 e. The Kier molecular flexibility index (Phi) is 6.76. The Morgan fingerprint density at radius 1 is 1.15 bits per heavy atom. The van der Waals surface area contributed by atoms with E-state index in [0.717, 1.165) is 35.9 Å². The molecule has 172 valence electrons. The lowest BCUT2D eigenvalue weighted by atomic mass is 10.0. The van der Waals surface area contributed by atoms with Crippen LogP contribution in [0.25, 0.3) is 16.7 Å². The van der Waals surface area contributed by atoms with Crippen molar-refractivity contribution in [3.63, 3.8) is 0 Å². The molecule has 1 aromatic carbocycles. The van der Waals surface area contributed by atoms with Crippen LogP contribution in [0.3, 0.4) is 0 Å². The quantitative estimate of drug-likeness (QED) is 0.414. The highest BCUT2D eigenvalue weighted by atomic mass is 35.5. The van der Waals surface area contributed by atoms with Crippen molar-refractivity contribution >= 4 is 23.4 Å². The summed E-state index contributed by atoms with van der Waals surface area (Å²) >= 11 is 0. The maximum absolute atomic E-state index is 13.0. The molecule has 9 heteroatoms. The van der Waals surface area contributed by atoms with Crippen LogP contribution in [-0.2, 0) is 19.6 Å². The highest BCUT2D eigenvalue weighted by molar-refractivity contribution is 5.85. The Labute approximate surface area is 194 Å². The van der Waals surface area contributed by atoms with Gasteiger partial charge in [0.2, 0.25) is 0 Å². The van der Waals surface area contributed by atoms with E-state index in [1.165, 1.54) is 22.8 Å². The summed E-state index contributed by atoms with van der Waals surface area (Å²) in [5.74, 6) is 0.917. The van der Waals surface area contributed by atoms with E-state index in [-0.39, 0.29) is 31.2 Å². The molecule has 0 atom stereocenters. The van der Waals surface area contributed by atoms with E-state index in [1.54, 1.807) is 12.3 Å². The number of furan rings is 1. The van der Waals surface area contributed by atoms with Crippen molar-refractivity contribution in [3.8, 4) is 11.4 Å². The van der Waals surface area contributed by atoms with Crippen molar-refractivity contribution < 1.29 is 17.9 Å². The molecule has 0 saturated heterocycles. The molecule has 0 saturated carbocycles. The number of nitrogens with zero attached hydrogens (tertiary/aromatic N) is 3. The summed E-state index contributed by atoms with van der Waals surface area (Å²) in [6, 6.07) is 11.6. The highest BCUT2D eigenvalue weighted by Crippen LogP contribution is 2.31. The van der Waals surface area contributed by atoms with Crippen molar-refractivity contribution in [3.05, 3.63) is 88.0 Å². The van der Waals surface area contributed by atoms with Gasteiger partial charge >= 0.3 is 0 Å². The van der Waals surface area contributed by atoms with Gasteiger partial charge in [-0.25, -0.2) is 8.78 Å². The second-order valence-electron chi connectivity index (χ2n) is 7.73. The average Bonchev–Trinajstić information content (AvgIpc) is 3.16. The number of ether oxygens (including phenoxy) is 1. The average molecular weight is 474 g/mol. The van der Waals surface area contributed by atoms with Crippen molar-refractivity contribution in [2.24, 2.45) is 0 Å². The van der Waals surface area contributed by atoms with E-state index in [9.17, 15) is 13.6 Å². The fraction of sp³-hybridized carbons (Fsp3) is 0.250. The van der Waals surface area contributed by atoms with Gasteiger partial charge < -0.3 is 9.15 Å². The van der Waals surface area contributed by atoms with E-state index in [4.69, 9.17) is 9.15 Å². The van der Waals surface area contributed by atoms with Crippen molar-refractivity contribution in [2.75, 3.05) is 19.8 Å². The minimum atomic E-state index is -0.414. The van der Waals surface area contributed by atoms with Crippen LogP contribution in [0.1, 0.15) is 17.0 Å². The molecule has 0 unspecified atom stereocenters. The van der Waals surface area contributed by atoms with E-state index in [2.05, 4.69) is 9.88 Å². The van der Waals surface area contributed by atoms with Crippen LogP contribution in [-0.4, -0.2) is 34.2 Å². The van der Waals surface area contributed by atoms with Crippen LogP contribution in [0.2, 0.25) is 0 Å². The first kappa shape index (κ1) is 22.9. The number of halogens is 3. The molecule has 3 aromatic heterocycles. The number of hydrogen-bond acceptors (Lipinski definition) is 5. The van der Waals surface area contributed by atoms with E-state index in [0.29, 0.717) is 35.8 Å². The van der Waals surface area contributed by atoms with Gasteiger partial charge in [0.1, 0.15) is 36.2 Å². The summed E-state index contributed by atoms with van der Waals surface area (Å²) in [6.45, 7) is 1.63. The maximum atomic E-state index is 13.0. The third-order valence-electron chi connectivity index (χ3n) is 5.64. The molecule has 0 spiro atoms. The van der Waals surface area contributed by atoms with Gasteiger partial charge in [-0.05, 0) is 30.3 Å². The fourth-order valence-electron chi connectivity index (χ4n) is 4.00. The first-order valence-corrected chi connectivity index (χ1v) is 10.4. The molecule has 0 N–H and O–H groups in total. The molecular weight excluding hydrogens is 452 g/mol. The molecule has 4 heterocycles. The van der Waals surface area contributed by atoms with Gasteiger partial charge in [0.15, 0.2) is 0 Å². The Bertz CT molecular complexity index is 1320. The Hall–Kier alpha value is -3.23.